The number of hydrogen-bond acceptors (Lipinski definition) is 6. The van der Waals surface area contributed by atoms with Gasteiger partial charge in [-0.15, -0.1) is 0 Å². The summed E-state index contributed by atoms with van der Waals surface area (Å²) in [5, 5.41) is 12.3. The molecule has 1 unspecified atom stereocenters. The van der Waals surface area contributed by atoms with E-state index in [0.29, 0.717) is 22.9 Å². The Hall–Kier alpha value is -3.81. The fraction of sp³-hybridized carbons (Fsp3) is 0.300. The molecule has 7 heteroatoms. The second-order valence-electron chi connectivity index (χ2n) is 9.65. The van der Waals surface area contributed by atoms with Crippen LogP contribution in [0.5, 0.6) is 0 Å². The third-order valence-corrected chi connectivity index (χ3v) is 7.21. The van der Waals surface area contributed by atoms with Crippen molar-refractivity contribution in [3.05, 3.63) is 95.1 Å². The van der Waals surface area contributed by atoms with E-state index in [1.54, 1.807) is 18.2 Å². The van der Waals surface area contributed by atoms with Crippen LogP contribution >= 0.6 is 0 Å². The van der Waals surface area contributed by atoms with Crippen LogP contribution in [0, 0.1) is 5.92 Å². The minimum absolute atomic E-state index is 0.178. The Labute approximate surface area is 216 Å². The van der Waals surface area contributed by atoms with Gasteiger partial charge in [0, 0.05) is 18.8 Å². The number of nitrogens with one attached hydrogen (secondary N) is 1. The second kappa shape index (κ2) is 11.1. The Balaban J connectivity index is 1.42. The van der Waals surface area contributed by atoms with Gasteiger partial charge >= 0.3 is 5.97 Å². The summed E-state index contributed by atoms with van der Waals surface area (Å²) in [6.45, 7) is 3.14. The van der Waals surface area contributed by atoms with E-state index < -0.39 is 11.9 Å². The number of carbonyl (C=O) groups is 2. The van der Waals surface area contributed by atoms with E-state index >= 15 is 0 Å². The SMILES string of the molecule is COC(=O)c1ccc2c(c1)NC(=O)C2C(=Nc1ccc(CN2CCC(CO)CC2)cc1)c1ccccc1. The van der Waals surface area contributed by atoms with Gasteiger partial charge in [0.05, 0.1) is 24.1 Å². The molecule has 1 saturated heterocycles. The number of aliphatic hydroxyl groups excluding tert-OH is 1. The van der Waals surface area contributed by atoms with Gasteiger partial charge in [0.25, 0.3) is 0 Å². The highest BCUT2D eigenvalue weighted by Gasteiger charge is 2.36. The van der Waals surface area contributed by atoms with E-state index in [4.69, 9.17) is 9.73 Å². The number of methoxy groups -OCH3 is 1. The fourth-order valence-electron chi connectivity index (χ4n) is 5.08. The smallest absolute Gasteiger partial charge is 0.337 e. The van der Waals surface area contributed by atoms with Crippen LogP contribution in [0.4, 0.5) is 11.4 Å². The first kappa shape index (κ1) is 24.9. The van der Waals surface area contributed by atoms with Crippen molar-refractivity contribution < 1.29 is 19.4 Å². The van der Waals surface area contributed by atoms with Crippen molar-refractivity contribution in [2.24, 2.45) is 10.9 Å². The maximum atomic E-state index is 13.2. The molecule has 2 heterocycles. The lowest BCUT2D eigenvalue weighted by molar-refractivity contribution is -0.115. The molecule has 37 heavy (non-hydrogen) atoms. The van der Waals surface area contributed by atoms with Crippen LogP contribution in [0.3, 0.4) is 0 Å². The standard InChI is InChI=1S/C30H31N3O4/c1-37-30(36)23-9-12-25-26(17-23)32-29(35)27(25)28(22-5-3-2-4-6-22)31-24-10-7-20(8-11-24)18-33-15-13-21(19-34)14-16-33/h2-12,17,21,27,34H,13-16,18-19H2,1H3,(H,32,35). The summed E-state index contributed by atoms with van der Waals surface area (Å²) in [5.41, 5.74) is 5.27. The quantitative estimate of drug-likeness (QED) is 0.370. The third-order valence-electron chi connectivity index (χ3n) is 7.21. The minimum atomic E-state index is -0.600. The highest BCUT2D eigenvalue weighted by Crippen LogP contribution is 2.37. The van der Waals surface area contributed by atoms with Gasteiger partial charge in [-0.05, 0) is 72.8 Å². The summed E-state index contributed by atoms with van der Waals surface area (Å²) in [6, 6.07) is 23.0. The zero-order valence-corrected chi connectivity index (χ0v) is 20.9. The summed E-state index contributed by atoms with van der Waals surface area (Å²) in [4.78, 5) is 32.5. The Morgan fingerprint density at radius 2 is 1.76 bits per heavy atom. The van der Waals surface area contributed by atoms with Gasteiger partial charge < -0.3 is 15.2 Å². The lowest BCUT2D eigenvalue weighted by atomic mass is 9.90. The number of aliphatic hydroxyl groups is 1. The number of rotatable bonds is 7. The van der Waals surface area contributed by atoms with Gasteiger partial charge in [-0.2, -0.15) is 0 Å². The molecule has 0 aromatic heterocycles. The van der Waals surface area contributed by atoms with E-state index in [1.165, 1.54) is 12.7 Å². The number of likely N-dealkylation sites (tertiary alicyclic amines) is 1. The molecule has 1 atom stereocenters. The number of aliphatic imine (C=N–C) groups is 1. The number of benzene rings is 3. The molecule has 5 rings (SSSR count). The van der Waals surface area contributed by atoms with Gasteiger partial charge in [0.2, 0.25) is 5.91 Å². The van der Waals surface area contributed by atoms with Crippen LogP contribution in [0.25, 0.3) is 0 Å². The van der Waals surface area contributed by atoms with Crippen LogP contribution in [0.15, 0.2) is 77.8 Å². The number of fused-ring (bicyclic) bond motifs is 1. The monoisotopic (exact) mass is 497 g/mol. The summed E-state index contributed by atoms with van der Waals surface area (Å²) in [5.74, 6) is -0.802. The first-order valence-electron chi connectivity index (χ1n) is 12.6. The predicted octanol–water partition coefficient (Wildman–Crippen LogP) is 4.53. The molecular formula is C30H31N3O4. The maximum absolute atomic E-state index is 13.2. The molecule has 2 aliphatic heterocycles. The Bertz CT molecular complexity index is 1300. The molecule has 0 bridgehead atoms. The van der Waals surface area contributed by atoms with Crippen molar-refractivity contribution in [1.82, 2.24) is 4.90 Å². The van der Waals surface area contributed by atoms with Gasteiger partial charge in [-0.3, -0.25) is 14.7 Å². The van der Waals surface area contributed by atoms with Crippen molar-refractivity contribution in [2.75, 3.05) is 32.1 Å². The van der Waals surface area contributed by atoms with Crippen molar-refractivity contribution in [3.8, 4) is 0 Å². The Morgan fingerprint density at radius 3 is 2.43 bits per heavy atom. The van der Waals surface area contributed by atoms with Gasteiger partial charge in [-0.25, -0.2) is 4.79 Å². The molecule has 3 aromatic rings. The zero-order chi connectivity index (χ0) is 25.8. The number of nitrogens with zero attached hydrogens (tertiary/aromatic N) is 2. The largest absolute Gasteiger partial charge is 0.465 e. The topological polar surface area (TPSA) is 91.2 Å². The minimum Gasteiger partial charge on any atom is -0.465 e. The highest BCUT2D eigenvalue weighted by molar-refractivity contribution is 6.24. The number of carbonyl (C=O) groups excluding carboxylic acids is 2. The zero-order valence-electron chi connectivity index (χ0n) is 20.9. The van der Waals surface area contributed by atoms with Gasteiger partial charge in [0.15, 0.2) is 0 Å². The second-order valence-corrected chi connectivity index (χ2v) is 9.65. The third kappa shape index (κ3) is 5.48. The first-order valence-corrected chi connectivity index (χ1v) is 12.6. The molecule has 7 nitrogen and oxygen atoms in total. The van der Waals surface area contributed by atoms with Gasteiger partial charge in [0.1, 0.15) is 5.92 Å². The molecule has 190 valence electrons. The Morgan fingerprint density at radius 1 is 1.03 bits per heavy atom. The van der Waals surface area contributed by atoms with Crippen LogP contribution < -0.4 is 5.32 Å². The van der Waals surface area contributed by atoms with Crippen LogP contribution in [0.2, 0.25) is 0 Å². The molecule has 2 N–H and O–H groups in total. The molecule has 2 aliphatic rings. The first-order chi connectivity index (χ1) is 18.1. The van der Waals surface area contributed by atoms with E-state index in [1.807, 2.05) is 42.5 Å². The maximum Gasteiger partial charge on any atom is 0.337 e. The summed E-state index contributed by atoms with van der Waals surface area (Å²) >= 11 is 0. The number of esters is 1. The van der Waals surface area contributed by atoms with Crippen LogP contribution in [0.1, 0.15) is 45.8 Å². The fourth-order valence-corrected chi connectivity index (χ4v) is 5.08. The van der Waals surface area contributed by atoms with Crippen LogP contribution in [-0.4, -0.2) is 54.4 Å². The predicted molar refractivity (Wildman–Crippen MR) is 143 cm³/mol. The number of hydrogen-bond donors (Lipinski definition) is 2. The molecule has 0 radical (unpaired) electrons. The van der Waals surface area contributed by atoms with Gasteiger partial charge in [-0.1, -0.05) is 48.5 Å². The van der Waals surface area contributed by atoms with Crippen molar-refractivity contribution in [3.63, 3.8) is 0 Å². The Kier molecular flexibility index (Phi) is 7.44. The molecular weight excluding hydrogens is 466 g/mol. The molecule has 1 fully saturated rings. The summed E-state index contributed by atoms with van der Waals surface area (Å²) in [6.07, 6.45) is 2.07. The molecule has 0 aliphatic carbocycles. The lowest BCUT2D eigenvalue weighted by Gasteiger charge is -2.31. The normalized spacial score (nSPS) is 18.4. The lowest BCUT2D eigenvalue weighted by Crippen LogP contribution is -2.34. The molecule has 1 amide bonds. The van der Waals surface area contributed by atoms with E-state index in [-0.39, 0.29) is 12.5 Å². The van der Waals surface area contributed by atoms with Crippen molar-refractivity contribution >= 4 is 29.0 Å². The average Bonchev–Trinajstić information content (AvgIpc) is 3.27. The van der Waals surface area contributed by atoms with Crippen LogP contribution in [-0.2, 0) is 16.1 Å². The van der Waals surface area contributed by atoms with Crippen molar-refractivity contribution in [2.45, 2.75) is 25.3 Å². The van der Waals surface area contributed by atoms with E-state index in [2.05, 4.69) is 22.3 Å². The summed E-state index contributed by atoms with van der Waals surface area (Å²) < 4.78 is 4.82. The number of piperidine rings is 1. The van der Waals surface area contributed by atoms with E-state index in [0.717, 1.165) is 49.3 Å². The number of ether oxygens (including phenoxy) is 1. The van der Waals surface area contributed by atoms with E-state index in [9.17, 15) is 14.7 Å². The average molecular weight is 498 g/mol. The molecule has 0 spiro atoms. The van der Waals surface area contributed by atoms with Crippen molar-refractivity contribution in [1.29, 1.82) is 0 Å². The summed E-state index contributed by atoms with van der Waals surface area (Å²) in [7, 11) is 1.33. The molecule has 0 saturated carbocycles. The highest BCUT2D eigenvalue weighted by atomic mass is 16.5. The number of amides is 1. The number of anilines is 1. The molecule has 3 aromatic carbocycles.